The van der Waals surface area contributed by atoms with Crippen molar-refractivity contribution in [3.63, 3.8) is 0 Å². The summed E-state index contributed by atoms with van der Waals surface area (Å²) in [5.41, 5.74) is 1.09. The average molecular weight is 324 g/mol. The van der Waals surface area contributed by atoms with E-state index in [9.17, 15) is 0 Å². The summed E-state index contributed by atoms with van der Waals surface area (Å²) in [4.78, 5) is 9.75. The van der Waals surface area contributed by atoms with Gasteiger partial charge in [-0.05, 0) is 32.0 Å². The topological polar surface area (TPSA) is 37.8 Å². The monoisotopic (exact) mass is 323 g/mol. The van der Waals surface area contributed by atoms with Crippen molar-refractivity contribution in [2.75, 3.05) is 11.9 Å². The van der Waals surface area contributed by atoms with Gasteiger partial charge in [0, 0.05) is 21.5 Å². The highest BCUT2D eigenvalue weighted by atomic mass is 79.9. The molecule has 0 bridgehead atoms. The lowest BCUT2D eigenvalue weighted by Crippen LogP contribution is -2.03. The molecule has 0 aliphatic rings. The highest BCUT2D eigenvalue weighted by Gasteiger charge is 2.08. The number of rotatable bonds is 4. The largest absolute Gasteiger partial charge is 0.370 e. The fourth-order valence-corrected chi connectivity index (χ4v) is 2.98. The highest BCUT2D eigenvalue weighted by Crippen LogP contribution is 2.31. The molecule has 2 rings (SSSR count). The van der Waals surface area contributed by atoms with Gasteiger partial charge in [0.2, 0.25) is 0 Å². The molecule has 0 aliphatic heterocycles. The van der Waals surface area contributed by atoms with Crippen LogP contribution in [0.2, 0.25) is 0 Å². The molecule has 2 aromatic rings. The molecule has 0 radical (unpaired) electrons. The standard InChI is InChI=1S/C13H14BrN3S/c1-3-15-12-9(2)13(17-8-16-12)18-11-6-4-5-10(14)7-11/h4-8H,3H2,1-2H3,(H,15,16,17). The molecule has 0 fully saturated rings. The second kappa shape index (κ2) is 6.20. The van der Waals surface area contributed by atoms with Crippen LogP contribution in [-0.2, 0) is 0 Å². The van der Waals surface area contributed by atoms with Gasteiger partial charge in [0.25, 0.3) is 0 Å². The Morgan fingerprint density at radius 2 is 2.17 bits per heavy atom. The lowest BCUT2D eigenvalue weighted by Gasteiger charge is -2.09. The zero-order chi connectivity index (χ0) is 13.0. The van der Waals surface area contributed by atoms with Gasteiger partial charge in [-0.2, -0.15) is 0 Å². The zero-order valence-corrected chi connectivity index (χ0v) is 12.7. The Morgan fingerprint density at radius 3 is 2.89 bits per heavy atom. The normalized spacial score (nSPS) is 10.4. The third-order valence-corrected chi connectivity index (χ3v) is 3.98. The van der Waals surface area contributed by atoms with Crippen molar-refractivity contribution < 1.29 is 0 Å². The zero-order valence-electron chi connectivity index (χ0n) is 10.3. The van der Waals surface area contributed by atoms with Crippen LogP contribution in [0.5, 0.6) is 0 Å². The summed E-state index contributed by atoms with van der Waals surface area (Å²) in [7, 11) is 0. The van der Waals surface area contributed by atoms with Crippen LogP contribution in [0.15, 0.2) is 45.0 Å². The van der Waals surface area contributed by atoms with Crippen LogP contribution in [0.1, 0.15) is 12.5 Å². The molecule has 0 unspecified atom stereocenters. The smallest absolute Gasteiger partial charge is 0.133 e. The second-order valence-electron chi connectivity index (χ2n) is 3.74. The first-order valence-electron chi connectivity index (χ1n) is 5.69. The fourth-order valence-electron chi connectivity index (χ4n) is 1.52. The van der Waals surface area contributed by atoms with Crippen LogP contribution in [0.3, 0.4) is 0 Å². The van der Waals surface area contributed by atoms with Gasteiger partial charge in [0.1, 0.15) is 17.2 Å². The number of aromatic nitrogens is 2. The molecule has 3 nitrogen and oxygen atoms in total. The number of nitrogens with zero attached hydrogens (tertiary/aromatic N) is 2. The van der Waals surface area contributed by atoms with E-state index in [-0.39, 0.29) is 0 Å². The minimum Gasteiger partial charge on any atom is -0.370 e. The SMILES string of the molecule is CCNc1ncnc(Sc2cccc(Br)c2)c1C. The van der Waals surface area contributed by atoms with E-state index in [1.165, 1.54) is 0 Å². The molecule has 0 saturated carbocycles. The maximum atomic E-state index is 4.34. The maximum Gasteiger partial charge on any atom is 0.133 e. The fraction of sp³-hybridized carbons (Fsp3) is 0.231. The van der Waals surface area contributed by atoms with Crippen molar-refractivity contribution in [1.82, 2.24) is 9.97 Å². The van der Waals surface area contributed by atoms with E-state index in [0.717, 1.165) is 32.3 Å². The summed E-state index contributed by atoms with van der Waals surface area (Å²) in [6.45, 7) is 4.96. The van der Waals surface area contributed by atoms with Crippen molar-refractivity contribution in [3.05, 3.63) is 40.6 Å². The third kappa shape index (κ3) is 3.23. The van der Waals surface area contributed by atoms with E-state index >= 15 is 0 Å². The van der Waals surface area contributed by atoms with Crippen LogP contribution in [0, 0.1) is 6.92 Å². The minimum absolute atomic E-state index is 0.860. The summed E-state index contributed by atoms with van der Waals surface area (Å²) < 4.78 is 1.08. The molecule has 1 aromatic carbocycles. The van der Waals surface area contributed by atoms with E-state index in [2.05, 4.69) is 50.3 Å². The molecule has 0 amide bonds. The van der Waals surface area contributed by atoms with E-state index in [1.54, 1.807) is 18.1 Å². The number of hydrogen-bond acceptors (Lipinski definition) is 4. The van der Waals surface area contributed by atoms with Crippen molar-refractivity contribution in [2.24, 2.45) is 0 Å². The maximum absolute atomic E-state index is 4.34. The number of hydrogen-bond donors (Lipinski definition) is 1. The van der Waals surface area contributed by atoms with E-state index in [0.29, 0.717) is 0 Å². The first-order valence-corrected chi connectivity index (χ1v) is 7.30. The molecular formula is C13H14BrN3S. The van der Waals surface area contributed by atoms with E-state index < -0.39 is 0 Å². The van der Waals surface area contributed by atoms with Crippen LogP contribution >= 0.6 is 27.7 Å². The Morgan fingerprint density at radius 1 is 1.33 bits per heavy atom. The number of halogens is 1. The van der Waals surface area contributed by atoms with Crippen molar-refractivity contribution >= 4 is 33.5 Å². The van der Waals surface area contributed by atoms with Crippen LogP contribution < -0.4 is 5.32 Å². The number of benzene rings is 1. The lowest BCUT2D eigenvalue weighted by atomic mass is 10.3. The Balaban J connectivity index is 2.26. The van der Waals surface area contributed by atoms with Crippen LogP contribution in [0.25, 0.3) is 0 Å². The Kier molecular flexibility index (Phi) is 4.60. The number of nitrogens with one attached hydrogen (secondary N) is 1. The summed E-state index contributed by atoms with van der Waals surface area (Å²) >= 11 is 5.12. The molecule has 0 atom stereocenters. The molecule has 0 aliphatic carbocycles. The molecular weight excluding hydrogens is 310 g/mol. The van der Waals surface area contributed by atoms with Gasteiger partial charge in [0.05, 0.1) is 0 Å². The first kappa shape index (κ1) is 13.4. The van der Waals surface area contributed by atoms with Gasteiger partial charge in [-0.15, -0.1) is 0 Å². The van der Waals surface area contributed by atoms with Crippen molar-refractivity contribution in [1.29, 1.82) is 0 Å². The molecule has 1 heterocycles. The van der Waals surface area contributed by atoms with Crippen molar-refractivity contribution in [3.8, 4) is 0 Å². The van der Waals surface area contributed by atoms with E-state index in [1.807, 2.05) is 19.1 Å². The Labute approximate surface area is 120 Å². The molecule has 18 heavy (non-hydrogen) atoms. The van der Waals surface area contributed by atoms with Gasteiger partial charge in [0.15, 0.2) is 0 Å². The molecule has 94 valence electrons. The van der Waals surface area contributed by atoms with Crippen LogP contribution in [-0.4, -0.2) is 16.5 Å². The number of anilines is 1. The van der Waals surface area contributed by atoms with Crippen molar-refractivity contribution in [2.45, 2.75) is 23.8 Å². The molecule has 0 spiro atoms. The highest BCUT2D eigenvalue weighted by molar-refractivity contribution is 9.10. The van der Waals surface area contributed by atoms with Gasteiger partial charge in [-0.1, -0.05) is 33.8 Å². The molecule has 5 heteroatoms. The first-order chi connectivity index (χ1) is 8.70. The summed E-state index contributed by atoms with van der Waals surface area (Å²) in [5, 5.41) is 4.22. The molecule has 1 N–H and O–H groups in total. The summed E-state index contributed by atoms with van der Waals surface area (Å²) in [5.74, 6) is 0.907. The predicted molar refractivity (Wildman–Crippen MR) is 79.2 cm³/mol. The Hall–Kier alpha value is -1.07. The lowest BCUT2D eigenvalue weighted by molar-refractivity contribution is 0.990. The quantitative estimate of drug-likeness (QED) is 0.858. The Bertz CT molecular complexity index is 546. The molecule has 0 saturated heterocycles. The van der Waals surface area contributed by atoms with Crippen LogP contribution in [0.4, 0.5) is 5.82 Å². The third-order valence-electron chi connectivity index (χ3n) is 2.39. The van der Waals surface area contributed by atoms with Gasteiger partial charge >= 0.3 is 0 Å². The predicted octanol–water partition coefficient (Wildman–Crippen LogP) is 4.13. The van der Waals surface area contributed by atoms with Gasteiger partial charge in [-0.3, -0.25) is 0 Å². The average Bonchev–Trinajstić information content (AvgIpc) is 2.35. The van der Waals surface area contributed by atoms with E-state index in [4.69, 9.17) is 0 Å². The summed E-state index contributed by atoms with van der Waals surface area (Å²) in [6, 6.07) is 8.19. The minimum atomic E-state index is 0.860. The van der Waals surface area contributed by atoms with Gasteiger partial charge < -0.3 is 5.32 Å². The van der Waals surface area contributed by atoms with Gasteiger partial charge in [-0.25, -0.2) is 9.97 Å². The second-order valence-corrected chi connectivity index (χ2v) is 5.72. The molecule has 1 aromatic heterocycles. The summed E-state index contributed by atoms with van der Waals surface area (Å²) in [6.07, 6.45) is 1.60.